The van der Waals surface area contributed by atoms with Crippen molar-refractivity contribution in [3.63, 3.8) is 0 Å². The molecule has 8 heteroatoms. The highest BCUT2D eigenvalue weighted by molar-refractivity contribution is 6.04. The topological polar surface area (TPSA) is 85.5 Å². The van der Waals surface area contributed by atoms with Crippen molar-refractivity contribution < 1.29 is 18.0 Å². The molecule has 1 amide bonds. The maximum Gasteiger partial charge on any atom is 0.282 e. The molecule has 0 fully saturated rings. The lowest BCUT2D eigenvalue weighted by Gasteiger charge is -2.06. The van der Waals surface area contributed by atoms with Crippen LogP contribution in [0.4, 0.5) is 15.8 Å². The molecular formula is C20H11FN4O3. The first-order valence-electron chi connectivity index (χ1n) is 8.10. The van der Waals surface area contributed by atoms with Crippen LogP contribution in [0.2, 0.25) is 0 Å². The lowest BCUT2D eigenvalue weighted by molar-refractivity contribution is 0.102. The second-order valence-electron chi connectivity index (χ2n) is 5.71. The summed E-state index contributed by atoms with van der Waals surface area (Å²) in [5, 5.41) is 10.5. The van der Waals surface area contributed by atoms with Crippen LogP contribution < -0.4 is 5.32 Å². The largest absolute Gasteiger partial charge is 0.472 e. The van der Waals surface area contributed by atoms with Crippen molar-refractivity contribution in [2.75, 3.05) is 5.32 Å². The molecule has 0 saturated heterocycles. The van der Waals surface area contributed by atoms with E-state index in [2.05, 4.69) is 20.4 Å². The molecule has 2 heterocycles. The monoisotopic (exact) mass is 374 g/mol. The molecule has 136 valence electrons. The Hall–Kier alpha value is -4.25. The maximum absolute atomic E-state index is 13.8. The van der Waals surface area contributed by atoms with Crippen LogP contribution in [0.1, 0.15) is 10.4 Å². The maximum atomic E-state index is 13.8. The van der Waals surface area contributed by atoms with Gasteiger partial charge in [-0.15, -0.1) is 10.2 Å². The van der Waals surface area contributed by atoms with Gasteiger partial charge in [-0.1, -0.05) is 18.2 Å². The van der Waals surface area contributed by atoms with Gasteiger partial charge in [-0.2, -0.15) is 0 Å². The number of anilines is 1. The lowest BCUT2D eigenvalue weighted by Crippen LogP contribution is -2.13. The summed E-state index contributed by atoms with van der Waals surface area (Å²) in [5.74, 6) is -0.545. The number of benzene rings is 2. The number of hydrogen-bond acceptors (Lipinski definition) is 5. The van der Waals surface area contributed by atoms with Crippen molar-refractivity contribution >= 4 is 17.3 Å². The quantitative estimate of drug-likeness (QED) is 0.512. The highest BCUT2D eigenvalue weighted by Gasteiger charge is 2.15. The zero-order chi connectivity index (χ0) is 19.5. The van der Waals surface area contributed by atoms with Crippen LogP contribution in [0, 0.1) is 12.4 Å². The van der Waals surface area contributed by atoms with E-state index in [1.807, 2.05) is 0 Å². The number of amides is 1. The van der Waals surface area contributed by atoms with Gasteiger partial charge in [-0.25, -0.2) is 9.24 Å². The molecule has 0 unspecified atom stereocenters. The Morgan fingerprint density at radius 1 is 1.07 bits per heavy atom. The first kappa shape index (κ1) is 17.2. The number of aromatic nitrogens is 2. The van der Waals surface area contributed by atoms with Gasteiger partial charge in [0, 0.05) is 11.3 Å². The second kappa shape index (κ2) is 7.17. The number of nitrogens with one attached hydrogen (secondary N) is 1. The Labute approximate surface area is 158 Å². The third kappa shape index (κ3) is 3.37. The Kier molecular flexibility index (Phi) is 4.40. The van der Waals surface area contributed by atoms with Gasteiger partial charge in [0.05, 0.1) is 18.4 Å². The molecule has 0 spiro atoms. The molecule has 0 bridgehead atoms. The molecule has 4 aromatic rings. The summed E-state index contributed by atoms with van der Waals surface area (Å²) < 4.78 is 24.6. The zero-order valence-corrected chi connectivity index (χ0v) is 14.2. The van der Waals surface area contributed by atoms with Crippen LogP contribution in [-0.2, 0) is 0 Å². The summed E-state index contributed by atoms with van der Waals surface area (Å²) in [6.45, 7) is 6.95. The molecule has 2 aromatic heterocycles. The van der Waals surface area contributed by atoms with E-state index in [9.17, 15) is 9.18 Å². The number of rotatable bonds is 4. The molecule has 0 radical (unpaired) electrons. The van der Waals surface area contributed by atoms with Gasteiger partial charge in [0.25, 0.3) is 11.8 Å². The number of halogens is 1. The number of carbonyl (C=O) groups excluding carboxylic acids is 1. The molecule has 0 aliphatic rings. The molecular weight excluding hydrogens is 363 g/mol. The highest BCUT2D eigenvalue weighted by Crippen LogP contribution is 2.29. The Morgan fingerprint density at radius 2 is 1.89 bits per heavy atom. The van der Waals surface area contributed by atoms with Crippen molar-refractivity contribution in [1.29, 1.82) is 0 Å². The summed E-state index contributed by atoms with van der Waals surface area (Å²) in [4.78, 5) is 15.5. The van der Waals surface area contributed by atoms with Crippen molar-refractivity contribution in [1.82, 2.24) is 10.2 Å². The zero-order valence-electron chi connectivity index (χ0n) is 14.2. The van der Waals surface area contributed by atoms with Crippen LogP contribution >= 0.6 is 0 Å². The van der Waals surface area contributed by atoms with E-state index in [0.717, 1.165) is 0 Å². The average molecular weight is 374 g/mol. The van der Waals surface area contributed by atoms with E-state index in [4.69, 9.17) is 15.4 Å². The molecule has 0 saturated carbocycles. The summed E-state index contributed by atoms with van der Waals surface area (Å²) in [7, 11) is 0. The highest BCUT2D eigenvalue weighted by atomic mass is 19.1. The molecule has 2 aromatic carbocycles. The number of carbonyl (C=O) groups is 1. The van der Waals surface area contributed by atoms with Gasteiger partial charge in [-0.3, -0.25) is 4.79 Å². The van der Waals surface area contributed by atoms with E-state index in [1.54, 1.807) is 30.3 Å². The summed E-state index contributed by atoms with van der Waals surface area (Å²) >= 11 is 0. The van der Waals surface area contributed by atoms with Crippen LogP contribution in [-0.4, -0.2) is 16.1 Å². The smallest absolute Gasteiger partial charge is 0.282 e. The van der Waals surface area contributed by atoms with Gasteiger partial charge >= 0.3 is 0 Å². The Bertz CT molecular complexity index is 1210. The third-order valence-electron chi connectivity index (χ3n) is 3.84. The number of hydrogen-bond donors (Lipinski definition) is 1. The number of furan rings is 1. The minimum atomic E-state index is -0.602. The van der Waals surface area contributed by atoms with Crippen LogP contribution in [0.15, 0.2) is 69.7 Å². The molecule has 28 heavy (non-hydrogen) atoms. The molecule has 0 atom stereocenters. The summed E-state index contributed by atoms with van der Waals surface area (Å²) in [6, 6.07) is 13.9. The van der Waals surface area contributed by atoms with Gasteiger partial charge in [0.15, 0.2) is 5.76 Å². The number of nitrogens with zero attached hydrogens (tertiary/aromatic N) is 3. The van der Waals surface area contributed by atoms with Gasteiger partial charge in [-0.05, 0) is 36.4 Å². The Balaban J connectivity index is 1.57. The predicted octanol–water partition coefficient (Wildman–Crippen LogP) is 4.94. The average Bonchev–Trinajstić information content (AvgIpc) is 3.38. The van der Waals surface area contributed by atoms with Crippen LogP contribution in [0.25, 0.3) is 28.0 Å². The third-order valence-corrected chi connectivity index (χ3v) is 3.84. The predicted molar refractivity (Wildman–Crippen MR) is 98.1 cm³/mol. The van der Waals surface area contributed by atoms with Gasteiger partial charge in [0.2, 0.25) is 11.6 Å². The van der Waals surface area contributed by atoms with Crippen molar-refractivity contribution in [3.8, 4) is 23.1 Å². The first-order valence-corrected chi connectivity index (χ1v) is 8.10. The fourth-order valence-electron chi connectivity index (χ4n) is 2.51. The lowest BCUT2D eigenvalue weighted by atomic mass is 10.1. The summed E-state index contributed by atoms with van der Waals surface area (Å²) in [6.07, 6.45) is 1.30. The molecule has 0 aliphatic heterocycles. The van der Waals surface area contributed by atoms with E-state index in [0.29, 0.717) is 16.9 Å². The molecule has 7 nitrogen and oxygen atoms in total. The van der Waals surface area contributed by atoms with Gasteiger partial charge < -0.3 is 14.2 Å². The van der Waals surface area contributed by atoms with E-state index < -0.39 is 11.7 Å². The summed E-state index contributed by atoms with van der Waals surface area (Å²) in [5.41, 5.74) is 1.27. The van der Waals surface area contributed by atoms with Crippen molar-refractivity contribution in [2.45, 2.75) is 0 Å². The van der Waals surface area contributed by atoms with E-state index >= 15 is 0 Å². The van der Waals surface area contributed by atoms with E-state index in [1.165, 1.54) is 30.5 Å². The van der Waals surface area contributed by atoms with E-state index in [-0.39, 0.29) is 23.1 Å². The molecule has 1 N–H and O–H groups in total. The minimum Gasteiger partial charge on any atom is -0.472 e. The Morgan fingerprint density at radius 3 is 2.68 bits per heavy atom. The van der Waals surface area contributed by atoms with Crippen molar-refractivity contribution in [2.24, 2.45) is 0 Å². The normalized spacial score (nSPS) is 10.4. The molecule has 0 aliphatic carbocycles. The fourth-order valence-corrected chi connectivity index (χ4v) is 2.51. The second-order valence-corrected chi connectivity index (χ2v) is 5.71. The van der Waals surface area contributed by atoms with Crippen molar-refractivity contribution in [3.05, 3.63) is 83.7 Å². The van der Waals surface area contributed by atoms with Crippen LogP contribution in [0.5, 0.6) is 0 Å². The SMILES string of the molecule is [C-]#[N+]c1coc(-c2nnc(-c3cccc(NC(=O)c4ccccc4F)c3)o2)c1. The minimum absolute atomic E-state index is 0.0542. The molecule has 4 rings (SSSR count). The van der Waals surface area contributed by atoms with Gasteiger partial charge in [0.1, 0.15) is 5.82 Å². The van der Waals surface area contributed by atoms with Crippen LogP contribution in [0.3, 0.4) is 0 Å². The first-order chi connectivity index (χ1) is 13.6. The fraction of sp³-hybridized carbons (Fsp3) is 0. The standard InChI is InChI=1S/C20H11FN4O3/c1-22-14-10-17(27-11-14)20-25-24-19(28-20)12-5-4-6-13(9-12)23-18(26)15-7-2-3-8-16(15)21/h2-11H,(H,23,26).